The minimum absolute atomic E-state index is 0.0271. The Hall–Kier alpha value is -2.08. The fraction of sp³-hybridized carbons (Fsp3) is 0. The topological polar surface area (TPSA) is 88.4 Å². The molecule has 0 aliphatic heterocycles. The number of anilines is 1. The Morgan fingerprint density at radius 3 is 2.44 bits per heavy atom. The van der Waals surface area contributed by atoms with Gasteiger partial charge in [-0.2, -0.15) is 4.68 Å². The summed E-state index contributed by atoms with van der Waals surface area (Å²) in [7, 11) is 0. The van der Waals surface area contributed by atoms with Crippen LogP contribution in [0.15, 0.2) is 27.8 Å². The Morgan fingerprint density at radius 1 is 1.31 bits per heavy atom. The first-order chi connectivity index (χ1) is 7.52. The minimum Gasteiger partial charge on any atom is -0.478 e. The molecule has 0 bridgehead atoms. The average Bonchev–Trinajstić information content (AvgIpc) is 2.75. The SMILES string of the molecule is O=C(O)c1c(Cl)cccc1Nn1c(=O)c1=O. The monoisotopic (exact) mass is 240 g/mol. The van der Waals surface area contributed by atoms with E-state index in [1.807, 2.05) is 0 Å². The summed E-state index contributed by atoms with van der Waals surface area (Å²) < 4.78 is 0.706. The van der Waals surface area contributed by atoms with Crippen molar-refractivity contribution in [3.63, 3.8) is 0 Å². The van der Waals surface area contributed by atoms with Gasteiger partial charge in [0.25, 0.3) is 0 Å². The van der Waals surface area contributed by atoms with Gasteiger partial charge in [0, 0.05) is 0 Å². The molecule has 0 atom stereocenters. The van der Waals surface area contributed by atoms with Crippen LogP contribution in [0.3, 0.4) is 0 Å². The second-order valence-electron chi connectivity index (χ2n) is 3.03. The van der Waals surface area contributed by atoms with Crippen LogP contribution >= 0.6 is 11.6 Å². The largest absolute Gasteiger partial charge is 0.478 e. The molecule has 0 saturated carbocycles. The molecule has 1 heterocycles. The molecule has 16 heavy (non-hydrogen) atoms. The van der Waals surface area contributed by atoms with Crippen LogP contribution in [0.25, 0.3) is 0 Å². The third kappa shape index (κ3) is 1.59. The van der Waals surface area contributed by atoms with Crippen LogP contribution in [0.2, 0.25) is 5.02 Å². The summed E-state index contributed by atoms with van der Waals surface area (Å²) in [6, 6.07) is 4.33. The smallest absolute Gasteiger partial charge is 0.340 e. The molecule has 2 N–H and O–H groups in total. The van der Waals surface area contributed by atoms with Gasteiger partial charge in [-0.25, -0.2) is 4.79 Å². The number of nitrogens with zero attached hydrogens (tertiary/aromatic N) is 1. The lowest BCUT2D eigenvalue weighted by Gasteiger charge is -2.06. The van der Waals surface area contributed by atoms with Gasteiger partial charge < -0.3 is 5.11 Å². The van der Waals surface area contributed by atoms with Crippen molar-refractivity contribution >= 4 is 23.3 Å². The molecule has 1 aromatic heterocycles. The molecule has 2 rings (SSSR count). The van der Waals surface area contributed by atoms with Crippen molar-refractivity contribution in [2.75, 3.05) is 5.43 Å². The lowest BCUT2D eigenvalue weighted by molar-refractivity contribution is 0.0698. The van der Waals surface area contributed by atoms with Crippen molar-refractivity contribution < 1.29 is 9.90 Å². The van der Waals surface area contributed by atoms with E-state index in [1.165, 1.54) is 18.2 Å². The van der Waals surface area contributed by atoms with Crippen LogP contribution < -0.4 is 16.5 Å². The van der Waals surface area contributed by atoms with Crippen LogP contribution in [-0.2, 0) is 0 Å². The molecule has 6 nitrogen and oxygen atoms in total. The van der Waals surface area contributed by atoms with Crippen LogP contribution in [0, 0.1) is 0 Å². The first-order valence-corrected chi connectivity index (χ1v) is 4.57. The van der Waals surface area contributed by atoms with E-state index in [1.54, 1.807) is 0 Å². The predicted octanol–water partition coefficient (Wildman–Crippen LogP) is 0.311. The van der Waals surface area contributed by atoms with Gasteiger partial charge >= 0.3 is 17.1 Å². The molecule has 0 fully saturated rings. The second-order valence-corrected chi connectivity index (χ2v) is 3.43. The number of carbonyl (C=O) groups is 1. The van der Waals surface area contributed by atoms with Crippen LogP contribution in [0.1, 0.15) is 10.4 Å². The molecule has 7 heteroatoms. The zero-order valence-corrected chi connectivity index (χ0v) is 8.49. The van der Waals surface area contributed by atoms with Gasteiger partial charge in [-0.3, -0.25) is 15.0 Å². The number of aromatic carboxylic acids is 1. The number of hydrogen-bond acceptors (Lipinski definition) is 4. The maximum Gasteiger partial charge on any atom is 0.340 e. The Labute approximate surface area is 93.4 Å². The molecule has 0 saturated heterocycles. The minimum atomic E-state index is -1.24. The van der Waals surface area contributed by atoms with E-state index in [9.17, 15) is 14.4 Å². The second kappa shape index (κ2) is 3.49. The zero-order valence-electron chi connectivity index (χ0n) is 7.73. The Balaban J connectivity index is 2.45. The van der Waals surface area contributed by atoms with Gasteiger partial charge in [-0.1, -0.05) is 17.7 Å². The number of rotatable bonds is 3. The highest BCUT2D eigenvalue weighted by molar-refractivity contribution is 6.34. The number of hydrogen-bond donors (Lipinski definition) is 2. The highest BCUT2D eigenvalue weighted by Gasteiger charge is 2.20. The third-order valence-corrected chi connectivity index (χ3v) is 2.31. The summed E-state index contributed by atoms with van der Waals surface area (Å²) in [5, 5.41) is 8.93. The van der Waals surface area contributed by atoms with Crippen molar-refractivity contribution in [3.8, 4) is 0 Å². The molecule has 82 valence electrons. The number of halogens is 1. The third-order valence-electron chi connectivity index (χ3n) is 2.00. The molecule has 0 aliphatic rings. The van der Waals surface area contributed by atoms with Gasteiger partial charge in [0.15, 0.2) is 0 Å². The lowest BCUT2D eigenvalue weighted by atomic mass is 10.2. The van der Waals surface area contributed by atoms with Gasteiger partial charge in [-0.05, 0) is 12.1 Å². The molecule has 1 aromatic carbocycles. The van der Waals surface area contributed by atoms with Crippen molar-refractivity contribution in [3.05, 3.63) is 49.5 Å². The normalized spacial score (nSPS) is 10.6. The van der Waals surface area contributed by atoms with E-state index in [4.69, 9.17) is 16.7 Å². The van der Waals surface area contributed by atoms with E-state index in [0.29, 0.717) is 4.68 Å². The number of aromatic nitrogens is 1. The molecule has 0 radical (unpaired) electrons. The maximum absolute atomic E-state index is 10.9. The summed E-state index contributed by atoms with van der Waals surface area (Å²) in [5.41, 5.74) is 0.864. The molecule has 0 spiro atoms. The summed E-state index contributed by atoms with van der Waals surface area (Å²) in [5.74, 6) is -1.24. The van der Waals surface area contributed by atoms with Crippen molar-refractivity contribution in [1.82, 2.24) is 4.68 Å². The lowest BCUT2D eigenvalue weighted by Crippen LogP contribution is -2.12. The summed E-state index contributed by atoms with van der Waals surface area (Å²) in [4.78, 5) is 32.3. The van der Waals surface area contributed by atoms with E-state index in [2.05, 4.69) is 5.43 Å². The van der Waals surface area contributed by atoms with Gasteiger partial charge in [0.05, 0.1) is 10.7 Å². The molecular weight excluding hydrogens is 236 g/mol. The number of carboxylic acids is 1. The van der Waals surface area contributed by atoms with E-state index in [-0.39, 0.29) is 16.3 Å². The Bertz CT molecular complexity index is 614. The molecular formula is C9H5ClN2O4. The summed E-state index contributed by atoms with van der Waals surface area (Å²) in [6.45, 7) is 0. The van der Waals surface area contributed by atoms with E-state index in [0.717, 1.165) is 0 Å². The molecule has 0 unspecified atom stereocenters. The van der Waals surface area contributed by atoms with Crippen LogP contribution in [-0.4, -0.2) is 15.8 Å². The van der Waals surface area contributed by atoms with Crippen molar-refractivity contribution in [2.24, 2.45) is 0 Å². The first-order valence-electron chi connectivity index (χ1n) is 4.19. The highest BCUT2D eigenvalue weighted by Crippen LogP contribution is 2.23. The first kappa shape index (κ1) is 10.4. The quantitative estimate of drug-likeness (QED) is 0.754. The standard InChI is InChI=1S/C9H5ClN2O4/c10-4-2-1-3-5(6(4)9(15)16)11-12-7(13)8(12)14/h1-3,11H,(H,15,16). The highest BCUT2D eigenvalue weighted by atomic mass is 35.5. The average molecular weight is 241 g/mol. The maximum atomic E-state index is 10.9. The van der Waals surface area contributed by atoms with E-state index < -0.39 is 17.1 Å². The molecule has 2 aromatic rings. The van der Waals surface area contributed by atoms with Crippen molar-refractivity contribution in [1.29, 1.82) is 0 Å². The fourth-order valence-electron chi connectivity index (χ4n) is 1.19. The Kier molecular flexibility index (Phi) is 2.28. The van der Waals surface area contributed by atoms with Crippen LogP contribution in [0.4, 0.5) is 5.69 Å². The predicted molar refractivity (Wildman–Crippen MR) is 56.8 cm³/mol. The fourth-order valence-corrected chi connectivity index (χ4v) is 1.45. The number of carboxylic acid groups (broad SMARTS) is 1. The summed E-state index contributed by atoms with van der Waals surface area (Å²) in [6.07, 6.45) is 0. The number of benzene rings is 1. The van der Waals surface area contributed by atoms with Crippen LogP contribution in [0.5, 0.6) is 0 Å². The van der Waals surface area contributed by atoms with Crippen molar-refractivity contribution in [2.45, 2.75) is 0 Å². The van der Waals surface area contributed by atoms with Gasteiger partial charge in [0.2, 0.25) is 0 Å². The molecule has 0 amide bonds. The Morgan fingerprint density at radius 2 is 1.94 bits per heavy atom. The zero-order chi connectivity index (χ0) is 11.9. The number of nitrogens with one attached hydrogen (secondary N) is 1. The van der Waals surface area contributed by atoms with E-state index >= 15 is 0 Å². The summed E-state index contributed by atoms with van der Waals surface area (Å²) >= 11 is 5.69. The van der Waals surface area contributed by atoms with Gasteiger partial charge in [-0.15, -0.1) is 0 Å². The van der Waals surface area contributed by atoms with Gasteiger partial charge in [0.1, 0.15) is 5.56 Å². The molecule has 0 aliphatic carbocycles.